The number of fused-ring (bicyclic) bond motifs is 1. The molecule has 0 saturated carbocycles. The first-order chi connectivity index (χ1) is 9.28. The third-order valence-electron chi connectivity index (χ3n) is 3.10. The molecular weight excluding hydrogens is 238 g/mol. The van der Waals surface area contributed by atoms with Crippen molar-refractivity contribution in [3.05, 3.63) is 65.2 Å². The lowest BCUT2D eigenvalue weighted by molar-refractivity contribution is 0.0935. The summed E-state index contributed by atoms with van der Waals surface area (Å²) >= 11 is 0. The van der Waals surface area contributed by atoms with E-state index < -0.39 is 0 Å². The number of nitrogens with zero attached hydrogens (tertiary/aromatic N) is 1. The Labute approximate surface area is 110 Å². The number of benzene rings is 2. The highest BCUT2D eigenvalue weighted by Crippen LogP contribution is 2.26. The van der Waals surface area contributed by atoms with Gasteiger partial charge in [-0.05, 0) is 29.8 Å². The Morgan fingerprint density at radius 1 is 1.05 bits per heavy atom. The fraction of sp³-hybridized carbons (Fsp3) is 0.0667. The van der Waals surface area contributed by atoms with Crippen molar-refractivity contribution < 1.29 is 4.79 Å². The van der Waals surface area contributed by atoms with Crippen molar-refractivity contribution in [3.8, 4) is 6.07 Å². The van der Waals surface area contributed by atoms with Gasteiger partial charge in [0, 0.05) is 5.69 Å². The van der Waals surface area contributed by atoms with Crippen molar-refractivity contribution >= 4 is 11.6 Å². The summed E-state index contributed by atoms with van der Waals surface area (Å²) in [6.45, 7) is 0. The van der Waals surface area contributed by atoms with Crippen LogP contribution in [0.3, 0.4) is 0 Å². The van der Waals surface area contributed by atoms with Crippen molar-refractivity contribution in [1.29, 1.82) is 5.26 Å². The van der Waals surface area contributed by atoms with E-state index >= 15 is 0 Å². The molecular formula is C15H11N3O. The number of carbonyl (C=O) groups excluding carboxylic acids is 1. The first-order valence-electron chi connectivity index (χ1n) is 5.94. The third kappa shape index (κ3) is 2.02. The molecule has 0 spiro atoms. The van der Waals surface area contributed by atoms with Crippen molar-refractivity contribution in [3.63, 3.8) is 0 Å². The second kappa shape index (κ2) is 4.46. The summed E-state index contributed by atoms with van der Waals surface area (Å²) in [4.78, 5) is 12.0. The molecule has 2 N–H and O–H groups in total. The number of carbonyl (C=O) groups is 1. The minimum Gasteiger partial charge on any atom is -0.361 e. The number of anilines is 1. The average Bonchev–Trinajstić information content (AvgIpc) is 2.47. The van der Waals surface area contributed by atoms with E-state index in [1.54, 1.807) is 18.2 Å². The molecule has 1 aliphatic rings. The fourth-order valence-electron chi connectivity index (χ4n) is 2.16. The molecule has 0 aliphatic carbocycles. The van der Waals surface area contributed by atoms with Crippen molar-refractivity contribution in [1.82, 2.24) is 5.32 Å². The SMILES string of the molecule is N#Cc1cccc([C@H]2NC(=O)c3ccccc3N2)c1. The fourth-order valence-corrected chi connectivity index (χ4v) is 2.16. The monoisotopic (exact) mass is 249 g/mol. The highest BCUT2D eigenvalue weighted by molar-refractivity contribution is 6.01. The Balaban J connectivity index is 1.97. The van der Waals surface area contributed by atoms with Crippen LogP contribution in [0.1, 0.15) is 27.7 Å². The number of nitrogens with one attached hydrogen (secondary N) is 2. The summed E-state index contributed by atoms with van der Waals surface area (Å²) in [5.41, 5.74) is 2.88. The Morgan fingerprint density at radius 3 is 2.74 bits per heavy atom. The lowest BCUT2D eigenvalue weighted by atomic mass is 10.0. The van der Waals surface area contributed by atoms with Gasteiger partial charge in [0.2, 0.25) is 0 Å². The zero-order valence-electron chi connectivity index (χ0n) is 10.1. The molecule has 1 amide bonds. The lowest BCUT2D eigenvalue weighted by Crippen LogP contribution is -2.38. The van der Waals surface area contributed by atoms with E-state index in [0.717, 1.165) is 11.3 Å². The molecule has 3 rings (SSSR count). The highest BCUT2D eigenvalue weighted by Gasteiger charge is 2.23. The molecule has 0 bridgehead atoms. The summed E-state index contributed by atoms with van der Waals surface area (Å²) in [6.07, 6.45) is -0.310. The molecule has 0 saturated heterocycles. The predicted octanol–water partition coefficient (Wildman–Crippen LogP) is 2.41. The minimum absolute atomic E-state index is 0.110. The van der Waals surface area contributed by atoms with E-state index in [1.807, 2.05) is 30.3 Å². The van der Waals surface area contributed by atoms with Crippen LogP contribution in [0, 0.1) is 11.3 Å². The van der Waals surface area contributed by atoms with Crippen molar-refractivity contribution in [2.45, 2.75) is 6.17 Å². The number of para-hydroxylation sites is 1. The Hall–Kier alpha value is -2.80. The quantitative estimate of drug-likeness (QED) is 0.815. The molecule has 4 heteroatoms. The highest BCUT2D eigenvalue weighted by atomic mass is 16.2. The Bertz CT molecular complexity index is 688. The molecule has 0 radical (unpaired) electrons. The molecule has 19 heavy (non-hydrogen) atoms. The van der Waals surface area contributed by atoms with Crippen LogP contribution in [-0.2, 0) is 0 Å². The Morgan fingerprint density at radius 2 is 1.89 bits per heavy atom. The molecule has 0 aromatic heterocycles. The van der Waals surface area contributed by atoms with Crippen LogP contribution in [0.25, 0.3) is 0 Å². The van der Waals surface area contributed by atoms with E-state index in [4.69, 9.17) is 5.26 Å². The van der Waals surface area contributed by atoms with Crippen LogP contribution >= 0.6 is 0 Å². The van der Waals surface area contributed by atoms with Gasteiger partial charge in [-0.25, -0.2) is 0 Å². The number of rotatable bonds is 1. The number of hydrogen-bond donors (Lipinski definition) is 2. The van der Waals surface area contributed by atoms with Crippen LogP contribution < -0.4 is 10.6 Å². The van der Waals surface area contributed by atoms with Gasteiger partial charge in [0.15, 0.2) is 0 Å². The molecule has 1 heterocycles. The minimum atomic E-state index is -0.310. The standard InChI is InChI=1S/C15H11N3O/c16-9-10-4-3-5-11(8-10)14-17-13-7-2-1-6-12(13)15(19)18-14/h1-8,14,17H,(H,18,19)/t14-/m1/s1. The maximum Gasteiger partial charge on any atom is 0.255 e. The lowest BCUT2D eigenvalue weighted by Gasteiger charge is -2.28. The van der Waals surface area contributed by atoms with E-state index in [9.17, 15) is 4.79 Å². The molecule has 1 atom stereocenters. The Kier molecular flexibility index (Phi) is 2.66. The van der Waals surface area contributed by atoms with Crippen molar-refractivity contribution in [2.24, 2.45) is 0 Å². The number of amides is 1. The normalized spacial score (nSPS) is 16.8. The predicted molar refractivity (Wildman–Crippen MR) is 71.4 cm³/mol. The van der Waals surface area contributed by atoms with Gasteiger partial charge in [-0.3, -0.25) is 4.79 Å². The summed E-state index contributed by atoms with van der Waals surface area (Å²) in [5, 5.41) is 15.0. The van der Waals surface area contributed by atoms with Crippen LogP contribution in [0.15, 0.2) is 48.5 Å². The van der Waals surface area contributed by atoms with Gasteiger partial charge in [0.25, 0.3) is 5.91 Å². The zero-order valence-corrected chi connectivity index (χ0v) is 10.1. The molecule has 0 unspecified atom stereocenters. The summed E-state index contributed by atoms with van der Waals surface area (Å²) in [5.74, 6) is -0.110. The van der Waals surface area contributed by atoms with E-state index in [2.05, 4.69) is 16.7 Å². The van der Waals surface area contributed by atoms with E-state index in [0.29, 0.717) is 11.1 Å². The van der Waals surface area contributed by atoms with Gasteiger partial charge in [0.05, 0.1) is 17.2 Å². The van der Waals surface area contributed by atoms with Gasteiger partial charge in [-0.15, -0.1) is 0 Å². The maximum atomic E-state index is 12.0. The van der Waals surface area contributed by atoms with Gasteiger partial charge < -0.3 is 10.6 Å². The van der Waals surface area contributed by atoms with Gasteiger partial charge in [-0.1, -0.05) is 24.3 Å². The average molecular weight is 249 g/mol. The van der Waals surface area contributed by atoms with Gasteiger partial charge in [-0.2, -0.15) is 5.26 Å². The summed E-state index contributed by atoms with van der Waals surface area (Å²) in [7, 11) is 0. The van der Waals surface area contributed by atoms with E-state index in [-0.39, 0.29) is 12.1 Å². The molecule has 2 aromatic carbocycles. The van der Waals surface area contributed by atoms with Gasteiger partial charge in [0.1, 0.15) is 6.17 Å². The molecule has 92 valence electrons. The van der Waals surface area contributed by atoms with Crippen LogP contribution in [-0.4, -0.2) is 5.91 Å². The zero-order chi connectivity index (χ0) is 13.2. The molecule has 0 fully saturated rings. The first kappa shape index (κ1) is 11.3. The molecule has 4 nitrogen and oxygen atoms in total. The summed E-state index contributed by atoms with van der Waals surface area (Å²) < 4.78 is 0. The van der Waals surface area contributed by atoms with E-state index in [1.165, 1.54) is 0 Å². The largest absolute Gasteiger partial charge is 0.361 e. The molecule has 2 aromatic rings. The maximum absolute atomic E-state index is 12.0. The second-order valence-corrected chi connectivity index (χ2v) is 4.33. The number of nitriles is 1. The molecule has 1 aliphatic heterocycles. The smallest absolute Gasteiger partial charge is 0.255 e. The van der Waals surface area contributed by atoms with Crippen LogP contribution in [0.5, 0.6) is 0 Å². The topological polar surface area (TPSA) is 64.9 Å². The van der Waals surface area contributed by atoms with Crippen molar-refractivity contribution in [2.75, 3.05) is 5.32 Å². The number of hydrogen-bond acceptors (Lipinski definition) is 3. The second-order valence-electron chi connectivity index (χ2n) is 4.33. The van der Waals surface area contributed by atoms with Crippen LogP contribution in [0.2, 0.25) is 0 Å². The first-order valence-corrected chi connectivity index (χ1v) is 5.94. The summed E-state index contributed by atoms with van der Waals surface area (Å²) in [6, 6.07) is 16.7. The van der Waals surface area contributed by atoms with Crippen LogP contribution in [0.4, 0.5) is 5.69 Å². The third-order valence-corrected chi connectivity index (χ3v) is 3.10. The van der Waals surface area contributed by atoms with Gasteiger partial charge >= 0.3 is 0 Å².